The number of benzene rings is 1. The minimum absolute atomic E-state index is 0.140. The summed E-state index contributed by atoms with van der Waals surface area (Å²) in [5.41, 5.74) is 7.95. The zero-order valence-corrected chi connectivity index (χ0v) is 12.9. The first kappa shape index (κ1) is 15.5. The Labute approximate surface area is 118 Å². The number of hydrogen-bond donors (Lipinski definition) is 1. The predicted octanol–water partition coefficient (Wildman–Crippen LogP) is 3.06. The Hall–Kier alpha value is -0.580. The van der Waals surface area contributed by atoms with Gasteiger partial charge in [-0.15, -0.1) is 0 Å². The highest BCUT2D eigenvalue weighted by atomic mass is 79.9. The molecule has 0 amide bonds. The van der Waals surface area contributed by atoms with Crippen LogP contribution >= 0.6 is 15.9 Å². The first-order chi connectivity index (χ1) is 8.58. The minimum Gasteiger partial charge on any atom is -0.490 e. The van der Waals surface area contributed by atoms with Crippen molar-refractivity contribution in [1.82, 2.24) is 0 Å². The van der Waals surface area contributed by atoms with E-state index in [1.165, 1.54) is 0 Å². The molecule has 0 heterocycles. The summed E-state index contributed by atoms with van der Waals surface area (Å²) in [7, 11) is 1.71. The summed E-state index contributed by atoms with van der Waals surface area (Å²) in [6.45, 7) is 5.46. The maximum atomic E-state index is 6.03. The van der Waals surface area contributed by atoms with E-state index >= 15 is 0 Å². The third-order valence-electron chi connectivity index (χ3n) is 2.78. The molecule has 0 saturated carbocycles. The SMILES string of the molecule is COCCC(C)Oc1c(C)cc(Br)cc1CCN. The van der Waals surface area contributed by atoms with Crippen LogP contribution in [0.15, 0.2) is 16.6 Å². The number of nitrogens with two attached hydrogens (primary N) is 1. The van der Waals surface area contributed by atoms with Crippen LogP contribution in [0.2, 0.25) is 0 Å². The van der Waals surface area contributed by atoms with E-state index in [1.54, 1.807) is 7.11 Å². The molecular formula is C14H22BrNO2. The van der Waals surface area contributed by atoms with Crippen molar-refractivity contribution in [2.45, 2.75) is 32.8 Å². The standard InChI is InChI=1S/C14H22BrNO2/c1-10-8-13(15)9-12(4-6-16)14(10)18-11(2)5-7-17-3/h8-9,11H,4-7,16H2,1-3H3. The van der Waals surface area contributed by atoms with Crippen molar-refractivity contribution in [3.05, 3.63) is 27.7 Å². The van der Waals surface area contributed by atoms with Gasteiger partial charge in [-0.25, -0.2) is 0 Å². The highest BCUT2D eigenvalue weighted by molar-refractivity contribution is 9.10. The Kier molecular flexibility index (Phi) is 6.68. The average molecular weight is 316 g/mol. The molecule has 1 aromatic carbocycles. The minimum atomic E-state index is 0.140. The third kappa shape index (κ3) is 4.59. The zero-order chi connectivity index (χ0) is 13.5. The number of halogens is 1. The molecule has 1 unspecified atom stereocenters. The number of methoxy groups -OCH3 is 1. The fourth-order valence-corrected chi connectivity index (χ4v) is 2.47. The molecule has 0 radical (unpaired) electrons. The van der Waals surface area contributed by atoms with Crippen LogP contribution in [0.5, 0.6) is 5.75 Å². The molecule has 0 fully saturated rings. The van der Waals surface area contributed by atoms with E-state index in [4.69, 9.17) is 15.2 Å². The molecule has 3 nitrogen and oxygen atoms in total. The number of aryl methyl sites for hydroxylation is 1. The molecule has 1 rings (SSSR count). The van der Waals surface area contributed by atoms with Crippen molar-refractivity contribution < 1.29 is 9.47 Å². The molecule has 0 bridgehead atoms. The molecular weight excluding hydrogens is 294 g/mol. The normalized spacial score (nSPS) is 12.5. The highest BCUT2D eigenvalue weighted by Crippen LogP contribution is 2.29. The Morgan fingerprint density at radius 3 is 2.72 bits per heavy atom. The molecule has 2 N–H and O–H groups in total. The summed E-state index contributed by atoms with van der Waals surface area (Å²) in [4.78, 5) is 0. The molecule has 1 atom stereocenters. The molecule has 1 aromatic rings. The van der Waals surface area contributed by atoms with Gasteiger partial charge in [0.1, 0.15) is 5.75 Å². The molecule has 0 aliphatic carbocycles. The molecule has 0 spiro atoms. The van der Waals surface area contributed by atoms with E-state index in [0.717, 1.165) is 34.2 Å². The van der Waals surface area contributed by atoms with Crippen molar-refractivity contribution in [3.63, 3.8) is 0 Å². The van der Waals surface area contributed by atoms with E-state index < -0.39 is 0 Å². The maximum absolute atomic E-state index is 6.03. The van der Waals surface area contributed by atoms with Gasteiger partial charge in [-0.05, 0) is 50.1 Å². The van der Waals surface area contributed by atoms with E-state index in [1.807, 2.05) is 0 Å². The number of hydrogen-bond acceptors (Lipinski definition) is 3. The van der Waals surface area contributed by atoms with Gasteiger partial charge >= 0.3 is 0 Å². The second kappa shape index (κ2) is 7.77. The third-order valence-corrected chi connectivity index (χ3v) is 3.24. The van der Waals surface area contributed by atoms with Gasteiger partial charge < -0.3 is 15.2 Å². The Balaban J connectivity index is 2.85. The van der Waals surface area contributed by atoms with E-state index in [2.05, 4.69) is 41.9 Å². The van der Waals surface area contributed by atoms with Crippen LogP contribution in [0.3, 0.4) is 0 Å². The van der Waals surface area contributed by atoms with Crippen molar-refractivity contribution >= 4 is 15.9 Å². The van der Waals surface area contributed by atoms with Gasteiger partial charge in [0.25, 0.3) is 0 Å². The van der Waals surface area contributed by atoms with Gasteiger partial charge in [0, 0.05) is 24.6 Å². The second-order valence-corrected chi connectivity index (χ2v) is 5.38. The van der Waals surface area contributed by atoms with Crippen LogP contribution < -0.4 is 10.5 Å². The molecule has 18 heavy (non-hydrogen) atoms. The summed E-state index contributed by atoms with van der Waals surface area (Å²) < 4.78 is 12.2. The fraction of sp³-hybridized carbons (Fsp3) is 0.571. The van der Waals surface area contributed by atoms with Crippen LogP contribution in [0.4, 0.5) is 0 Å². The van der Waals surface area contributed by atoms with Gasteiger partial charge in [0.2, 0.25) is 0 Å². The monoisotopic (exact) mass is 315 g/mol. The van der Waals surface area contributed by atoms with Crippen molar-refractivity contribution in [3.8, 4) is 5.75 Å². The summed E-state index contributed by atoms with van der Waals surface area (Å²) in [5, 5.41) is 0. The van der Waals surface area contributed by atoms with E-state index in [0.29, 0.717) is 13.2 Å². The van der Waals surface area contributed by atoms with Crippen molar-refractivity contribution in [1.29, 1.82) is 0 Å². The van der Waals surface area contributed by atoms with Crippen LogP contribution in [0, 0.1) is 6.92 Å². The lowest BCUT2D eigenvalue weighted by atomic mass is 10.1. The molecule has 0 saturated heterocycles. The molecule has 0 aliphatic heterocycles. The lowest BCUT2D eigenvalue weighted by Gasteiger charge is -2.19. The van der Waals surface area contributed by atoms with Crippen LogP contribution in [0.25, 0.3) is 0 Å². The van der Waals surface area contributed by atoms with Gasteiger partial charge in [-0.2, -0.15) is 0 Å². The Morgan fingerprint density at radius 1 is 1.39 bits per heavy atom. The van der Waals surface area contributed by atoms with E-state index in [-0.39, 0.29) is 6.10 Å². The zero-order valence-electron chi connectivity index (χ0n) is 11.3. The first-order valence-electron chi connectivity index (χ1n) is 6.23. The summed E-state index contributed by atoms with van der Waals surface area (Å²) in [5.74, 6) is 0.965. The topological polar surface area (TPSA) is 44.5 Å². The van der Waals surface area contributed by atoms with Crippen LogP contribution in [0.1, 0.15) is 24.5 Å². The summed E-state index contributed by atoms with van der Waals surface area (Å²) in [6.07, 6.45) is 1.85. The number of rotatable bonds is 7. The highest BCUT2D eigenvalue weighted by Gasteiger charge is 2.12. The predicted molar refractivity (Wildman–Crippen MR) is 78.2 cm³/mol. The van der Waals surface area contributed by atoms with Gasteiger partial charge in [0.05, 0.1) is 6.10 Å². The summed E-state index contributed by atoms with van der Waals surface area (Å²) >= 11 is 3.51. The van der Waals surface area contributed by atoms with Crippen LogP contribution in [-0.4, -0.2) is 26.4 Å². The molecule has 102 valence electrons. The number of ether oxygens (including phenoxy) is 2. The fourth-order valence-electron chi connectivity index (χ4n) is 1.85. The second-order valence-electron chi connectivity index (χ2n) is 4.46. The molecule has 4 heteroatoms. The smallest absolute Gasteiger partial charge is 0.125 e. The Bertz CT molecular complexity index is 382. The van der Waals surface area contributed by atoms with Crippen molar-refractivity contribution in [2.24, 2.45) is 5.73 Å². The van der Waals surface area contributed by atoms with Crippen LogP contribution in [-0.2, 0) is 11.2 Å². The van der Waals surface area contributed by atoms with Crippen molar-refractivity contribution in [2.75, 3.05) is 20.3 Å². The van der Waals surface area contributed by atoms with Gasteiger partial charge in [0.15, 0.2) is 0 Å². The quantitative estimate of drug-likeness (QED) is 0.841. The van der Waals surface area contributed by atoms with Gasteiger partial charge in [-0.1, -0.05) is 15.9 Å². The maximum Gasteiger partial charge on any atom is 0.125 e. The molecule has 0 aromatic heterocycles. The molecule has 0 aliphatic rings. The lowest BCUT2D eigenvalue weighted by Crippen LogP contribution is -2.16. The Morgan fingerprint density at radius 2 is 2.11 bits per heavy atom. The van der Waals surface area contributed by atoms with Gasteiger partial charge in [-0.3, -0.25) is 0 Å². The average Bonchev–Trinajstić information content (AvgIpc) is 2.31. The summed E-state index contributed by atoms with van der Waals surface area (Å²) in [6, 6.07) is 4.15. The van der Waals surface area contributed by atoms with E-state index in [9.17, 15) is 0 Å². The largest absolute Gasteiger partial charge is 0.490 e. The first-order valence-corrected chi connectivity index (χ1v) is 7.02. The lowest BCUT2D eigenvalue weighted by molar-refractivity contribution is 0.134.